The summed E-state index contributed by atoms with van der Waals surface area (Å²) in [4.78, 5) is 10.8. The normalized spacial score (nSPS) is 17.3. The van der Waals surface area contributed by atoms with Gasteiger partial charge in [-0.2, -0.15) is 0 Å². The van der Waals surface area contributed by atoms with Gasteiger partial charge in [0.15, 0.2) is 5.78 Å². The molecule has 1 aliphatic rings. The summed E-state index contributed by atoms with van der Waals surface area (Å²) in [6.07, 6.45) is 7.61. The topological polar surface area (TPSA) is 17.1 Å². The first-order valence-corrected chi connectivity index (χ1v) is 2.87. The van der Waals surface area contributed by atoms with E-state index in [-0.39, 0.29) is 5.78 Å². The van der Waals surface area contributed by atoms with Gasteiger partial charge in [-0.25, -0.2) is 0 Å². The standard InChI is InChI=1S/C8H8O/c1-2-7-5-3-4-6-8(7)9/h2-5H,1,6H2. The molecule has 0 radical (unpaired) electrons. The fourth-order valence-electron chi connectivity index (χ4n) is 0.739. The van der Waals surface area contributed by atoms with Crippen LogP contribution < -0.4 is 0 Å². The Labute approximate surface area is 54.4 Å². The summed E-state index contributed by atoms with van der Waals surface area (Å²) in [6.45, 7) is 3.51. The van der Waals surface area contributed by atoms with E-state index in [1.165, 1.54) is 0 Å². The van der Waals surface area contributed by atoms with Gasteiger partial charge in [0.05, 0.1) is 0 Å². The van der Waals surface area contributed by atoms with Crippen molar-refractivity contribution in [1.29, 1.82) is 0 Å². The van der Waals surface area contributed by atoms with Gasteiger partial charge in [0.2, 0.25) is 0 Å². The molecule has 0 fully saturated rings. The van der Waals surface area contributed by atoms with Crippen LogP contribution in [0.5, 0.6) is 0 Å². The van der Waals surface area contributed by atoms with Crippen LogP contribution in [0.4, 0.5) is 0 Å². The van der Waals surface area contributed by atoms with Gasteiger partial charge in [0, 0.05) is 12.0 Å². The highest BCUT2D eigenvalue weighted by Crippen LogP contribution is 2.07. The zero-order chi connectivity index (χ0) is 6.69. The van der Waals surface area contributed by atoms with Crippen LogP contribution >= 0.6 is 0 Å². The van der Waals surface area contributed by atoms with E-state index < -0.39 is 0 Å². The molecule has 0 bridgehead atoms. The number of carbonyl (C=O) groups is 1. The minimum absolute atomic E-state index is 0.160. The molecular weight excluding hydrogens is 112 g/mol. The van der Waals surface area contributed by atoms with Crippen molar-refractivity contribution in [3.63, 3.8) is 0 Å². The largest absolute Gasteiger partial charge is 0.294 e. The molecule has 0 saturated heterocycles. The average Bonchev–Trinajstić information content (AvgIpc) is 1.89. The highest BCUT2D eigenvalue weighted by atomic mass is 16.1. The van der Waals surface area contributed by atoms with E-state index in [2.05, 4.69) is 6.58 Å². The summed E-state index contributed by atoms with van der Waals surface area (Å²) in [5.74, 6) is 0.160. The molecule has 0 heterocycles. The number of carbonyl (C=O) groups excluding carboxylic acids is 1. The van der Waals surface area contributed by atoms with Gasteiger partial charge in [-0.3, -0.25) is 4.79 Å². The summed E-state index contributed by atoms with van der Waals surface area (Å²) in [5.41, 5.74) is 0.720. The third-order valence-corrected chi connectivity index (χ3v) is 1.26. The van der Waals surface area contributed by atoms with E-state index in [0.717, 1.165) is 5.57 Å². The van der Waals surface area contributed by atoms with Crippen LogP contribution in [0, 0.1) is 0 Å². The summed E-state index contributed by atoms with van der Waals surface area (Å²) in [6, 6.07) is 0. The molecule has 0 amide bonds. The molecule has 46 valence electrons. The Bertz CT molecular complexity index is 197. The van der Waals surface area contributed by atoms with Crippen molar-refractivity contribution in [1.82, 2.24) is 0 Å². The van der Waals surface area contributed by atoms with Crippen LogP contribution in [-0.4, -0.2) is 5.78 Å². The lowest BCUT2D eigenvalue weighted by molar-refractivity contribution is -0.114. The zero-order valence-electron chi connectivity index (χ0n) is 5.13. The van der Waals surface area contributed by atoms with Gasteiger partial charge in [-0.15, -0.1) is 0 Å². The monoisotopic (exact) mass is 120 g/mol. The number of rotatable bonds is 1. The molecular formula is C8H8O. The molecule has 1 heteroatoms. The number of Topliss-reactive ketones (excluding diaryl/α,β-unsaturated/α-hetero) is 1. The molecule has 0 unspecified atom stereocenters. The lowest BCUT2D eigenvalue weighted by Crippen LogP contribution is -2.00. The summed E-state index contributed by atoms with van der Waals surface area (Å²) < 4.78 is 0. The van der Waals surface area contributed by atoms with Crippen molar-refractivity contribution in [2.75, 3.05) is 0 Å². The van der Waals surface area contributed by atoms with Gasteiger partial charge in [0.25, 0.3) is 0 Å². The van der Waals surface area contributed by atoms with Gasteiger partial charge < -0.3 is 0 Å². The van der Waals surface area contributed by atoms with Crippen LogP contribution in [0.2, 0.25) is 0 Å². The van der Waals surface area contributed by atoms with Crippen molar-refractivity contribution in [3.8, 4) is 0 Å². The third kappa shape index (κ3) is 1.17. The van der Waals surface area contributed by atoms with E-state index in [4.69, 9.17) is 0 Å². The maximum atomic E-state index is 10.8. The number of ketones is 1. The molecule has 0 N–H and O–H groups in total. The quantitative estimate of drug-likeness (QED) is 0.514. The molecule has 0 aromatic rings. The molecule has 1 nitrogen and oxygen atoms in total. The maximum Gasteiger partial charge on any atom is 0.166 e. The van der Waals surface area contributed by atoms with Crippen LogP contribution in [0.25, 0.3) is 0 Å². The predicted octanol–water partition coefficient (Wildman–Crippen LogP) is 1.63. The number of hydrogen-bond acceptors (Lipinski definition) is 1. The van der Waals surface area contributed by atoms with Crippen molar-refractivity contribution < 1.29 is 4.79 Å². The summed E-state index contributed by atoms with van der Waals surface area (Å²) in [5, 5.41) is 0. The lowest BCUT2D eigenvalue weighted by atomic mass is 10.0. The molecule has 0 atom stereocenters. The molecule has 0 spiro atoms. The summed E-state index contributed by atoms with van der Waals surface area (Å²) in [7, 11) is 0. The Hall–Kier alpha value is -1.11. The second kappa shape index (κ2) is 2.44. The van der Waals surface area contributed by atoms with Gasteiger partial charge >= 0.3 is 0 Å². The van der Waals surface area contributed by atoms with E-state index in [9.17, 15) is 4.79 Å². The molecule has 1 aliphatic carbocycles. The third-order valence-electron chi connectivity index (χ3n) is 1.26. The van der Waals surface area contributed by atoms with Crippen LogP contribution in [0.1, 0.15) is 6.42 Å². The van der Waals surface area contributed by atoms with Gasteiger partial charge in [0.1, 0.15) is 0 Å². The second-order valence-electron chi connectivity index (χ2n) is 1.88. The molecule has 0 aromatic heterocycles. The summed E-state index contributed by atoms with van der Waals surface area (Å²) >= 11 is 0. The maximum absolute atomic E-state index is 10.8. The van der Waals surface area contributed by atoms with Crippen molar-refractivity contribution in [2.45, 2.75) is 6.42 Å². The van der Waals surface area contributed by atoms with Crippen LogP contribution in [0.3, 0.4) is 0 Å². The molecule has 0 saturated carbocycles. The molecule has 9 heavy (non-hydrogen) atoms. The SMILES string of the molecule is C=CC1=CC=CCC1=O. The van der Waals surface area contributed by atoms with Gasteiger partial charge in [-0.05, 0) is 0 Å². The number of allylic oxidation sites excluding steroid dienone is 5. The van der Waals surface area contributed by atoms with Crippen molar-refractivity contribution in [2.24, 2.45) is 0 Å². The Morgan fingerprint density at radius 3 is 2.89 bits per heavy atom. The minimum Gasteiger partial charge on any atom is -0.294 e. The molecule has 0 aliphatic heterocycles. The lowest BCUT2D eigenvalue weighted by Gasteiger charge is -1.99. The first-order valence-electron chi connectivity index (χ1n) is 2.87. The highest BCUT2D eigenvalue weighted by molar-refractivity contribution is 5.99. The molecule has 1 rings (SSSR count). The minimum atomic E-state index is 0.160. The van der Waals surface area contributed by atoms with Crippen LogP contribution in [0.15, 0.2) is 36.5 Å². The van der Waals surface area contributed by atoms with E-state index in [1.807, 2.05) is 12.2 Å². The fourth-order valence-corrected chi connectivity index (χ4v) is 0.739. The first kappa shape index (κ1) is 6.02. The van der Waals surface area contributed by atoms with Crippen molar-refractivity contribution in [3.05, 3.63) is 36.5 Å². The van der Waals surface area contributed by atoms with E-state index >= 15 is 0 Å². The Balaban J connectivity index is 2.86. The zero-order valence-corrected chi connectivity index (χ0v) is 5.13. The Kier molecular flexibility index (Phi) is 1.63. The highest BCUT2D eigenvalue weighted by Gasteiger charge is 2.04. The second-order valence-corrected chi connectivity index (χ2v) is 1.88. The van der Waals surface area contributed by atoms with Gasteiger partial charge in [-0.1, -0.05) is 30.9 Å². The molecule has 0 aromatic carbocycles. The van der Waals surface area contributed by atoms with Crippen LogP contribution in [-0.2, 0) is 4.79 Å². The number of hydrogen-bond donors (Lipinski definition) is 0. The average molecular weight is 120 g/mol. The van der Waals surface area contributed by atoms with E-state index in [0.29, 0.717) is 6.42 Å². The Morgan fingerprint density at radius 1 is 1.67 bits per heavy atom. The van der Waals surface area contributed by atoms with Crippen molar-refractivity contribution >= 4 is 5.78 Å². The Morgan fingerprint density at radius 2 is 2.44 bits per heavy atom. The van der Waals surface area contributed by atoms with E-state index in [1.54, 1.807) is 12.2 Å². The predicted molar refractivity (Wildman–Crippen MR) is 37.0 cm³/mol. The fraction of sp³-hybridized carbons (Fsp3) is 0.125. The first-order chi connectivity index (χ1) is 4.34. The smallest absolute Gasteiger partial charge is 0.166 e.